The van der Waals surface area contributed by atoms with Crippen LogP contribution in [0.1, 0.15) is 84.5 Å². The van der Waals surface area contributed by atoms with Crippen LogP contribution in [-0.4, -0.2) is 25.1 Å². The van der Waals surface area contributed by atoms with Gasteiger partial charge >= 0.3 is 5.97 Å². The van der Waals surface area contributed by atoms with E-state index in [4.69, 9.17) is 4.84 Å². The fourth-order valence-corrected chi connectivity index (χ4v) is 2.27. The second-order valence-corrected chi connectivity index (χ2v) is 6.05. The van der Waals surface area contributed by atoms with E-state index in [0.717, 1.165) is 6.42 Å². The molecule has 0 fully saturated rings. The summed E-state index contributed by atoms with van der Waals surface area (Å²) in [6.07, 6.45) is 16.4. The molecule has 0 unspecified atom stereocenters. The maximum Gasteiger partial charge on any atom is 0.352 e. The molecular weight excluding hydrogens is 262 g/mol. The van der Waals surface area contributed by atoms with Gasteiger partial charge in [-0.05, 0) is 19.8 Å². The predicted octanol–water partition coefficient (Wildman–Crippen LogP) is 5.26. The van der Waals surface area contributed by atoms with Gasteiger partial charge in [0, 0.05) is 19.7 Å². The van der Waals surface area contributed by atoms with E-state index in [1.165, 1.54) is 69.3 Å². The number of hydrogen-bond donors (Lipinski definition) is 0. The minimum absolute atomic E-state index is 0.243. The third-order valence-corrected chi connectivity index (χ3v) is 3.60. The number of nitrogens with zero attached hydrogens (tertiary/aromatic N) is 1. The minimum Gasteiger partial charge on any atom is -0.365 e. The first kappa shape index (κ1) is 20.2. The number of hydroxylamine groups is 2. The van der Waals surface area contributed by atoms with Crippen molar-refractivity contribution in [3.05, 3.63) is 11.6 Å². The molecule has 0 aliphatic carbocycles. The Hall–Kier alpha value is -0.830. The Morgan fingerprint density at radius 3 is 1.86 bits per heavy atom. The van der Waals surface area contributed by atoms with Crippen molar-refractivity contribution in [2.24, 2.45) is 0 Å². The highest BCUT2D eigenvalue weighted by Crippen LogP contribution is 2.12. The highest BCUT2D eigenvalue weighted by molar-refractivity contribution is 5.87. The van der Waals surface area contributed by atoms with Crippen LogP contribution in [0, 0.1) is 0 Å². The van der Waals surface area contributed by atoms with Gasteiger partial charge in [-0.25, -0.2) is 4.79 Å². The molecule has 124 valence electrons. The van der Waals surface area contributed by atoms with Gasteiger partial charge in [-0.15, -0.1) is 5.06 Å². The lowest BCUT2D eigenvalue weighted by molar-refractivity contribution is -0.172. The van der Waals surface area contributed by atoms with Crippen molar-refractivity contribution in [3.8, 4) is 0 Å². The maximum absolute atomic E-state index is 11.5. The van der Waals surface area contributed by atoms with E-state index in [-0.39, 0.29) is 5.97 Å². The summed E-state index contributed by atoms with van der Waals surface area (Å²) in [4.78, 5) is 16.5. The molecule has 0 spiro atoms. The molecule has 3 heteroatoms. The van der Waals surface area contributed by atoms with E-state index in [0.29, 0.717) is 5.57 Å². The predicted molar refractivity (Wildman–Crippen MR) is 90.0 cm³/mol. The number of carbonyl (C=O) groups is 1. The number of allylic oxidation sites excluding steroid dienone is 1. The van der Waals surface area contributed by atoms with Crippen molar-refractivity contribution in [1.29, 1.82) is 0 Å². The van der Waals surface area contributed by atoms with Crippen LogP contribution in [0.15, 0.2) is 11.6 Å². The highest BCUT2D eigenvalue weighted by atomic mass is 16.7. The van der Waals surface area contributed by atoms with Gasteiger partial charge < -0.3 is 4.84 Å². The minimum atomic E-state index is -0.243. The highest BCUT2D eigenvalue weighted by Gasteiger charge is 2.06. The zero-order chi connectivity index (χ0) is 15.9. The summed E-state index contributed by atoms with van der Waals surface area (Å²) < 4.78 is 0. The number of unbranched alkanes of at least 4 members (excludes halogenated alkanes) is 10. The van der Waals surface area contributed by atoms with Crippen LogP contribution in [0.4, 0.5) is 0 Å². The van der Waals surface area contributed by atoms with Crippen LogP contribution >= 0.6 is 0 Å². The van der Waals surface area contributed by atoms with Gasteiger partial charge in [0.15, 0.2) is 0 Å². The normalized spacial score (nSPS) is 12.0. The summed E-state index contributed by atoms with van der Waals surface area (Å²) >= 11 is 0. The molecule has 0 aromatic heterocycles. The molecule has 0 aromatic rings. The fraction of sp³-hybridized carbons (Fsp3) is 0.833. The van der Waals surface area contributed by atoms with Crippen molar-refractivity contribution in [2.45, 2.75) is 84.5 Å². The molecule has 0 aromatic carbocycles. The van der Waals surface area contributed by atoms with Crippen LogP contribution in [-0.2, 0) is 9.63 Å². The second-order valence-electron chi connectivity index (χ2n) is 6.05. The van der Waals surface area contributed by atoms with Crippen LogP contribution < -0.4 is 0 Å². The summed E-state index contributed by atoms with van der Waals surface area (Å²) in [5.74, 6) is -0.243. The fourth-order valence-electron chi connectivity index (χ4n) is 2.27. The first-order chi connectivity index (χ1) is 10.1. The number of carbonyl (C=O) groups excluding carboxylic acids is 1. The zero-order valence-electron chi connectivity index (χ0n) is 14.6. The monoisotopic (exact) mass is 297 g/mol. The third kappa shape index (κ3) is 13.9. The van der Waals surface area contributed by atoms with Crippen molar-refractivity contribution in [1.82, 2.24) is 5.06 Å². The SMILES string of the molecule is CCCCCCCCCCCCC=C(C)C(=O)ON(C)C. The zero-order valence-corrected chi connectivity index (χ0v) is 14.6. The molecule has 0 N–H and O–H groups in total. The Morgan fingerprint density at radius 2 is 1.38 bits per heavy atom. The Morgan fingerprint density at radius 1 is 0.905 bits per heavy atom. The summed E-state index contributed by atoms with van der Waals surface area (Å²) in [6.45, 7) is 4.08. The number of rotatable bonds is 13. The Labute approximate surface area is 131 Å². The van der Waals surface area contributed by atoms with Gasteiger partial charge in [-0.1, -0.05) is 70.8 Å². The van der Waals surface area contributed by atoms with Gasteiger partial charge in [0.2, 0.25) is 0 Å². The first-order valence-electron chi connectivity index (χ1n) is 8.64. The average Bonchev–Trinajstić information content (AvgIpc) is 2.43. The van der Waals surface area contributed by atoms with E-state index in [1.807, 2.05) is 13.0 Å². The molecule has 0 aliphatic heterocycles. The molecule has 0 saturated carbocycles. The Kier molecular flexibility index (Phi) is 13.6. The van der Waals surface area contributed by atoms with Gasteiger partial charge in [0.1, 0.15) is 0 Å². The molecule has 0 atom stereocenters. The van der Waals surface area contributed by atoms with Gasteiger partial charge in [-0.2, -0.15) is 0 Å². The molecule has 0 aliphatic rings. The van der Waals surface area contributed by atoms with Gasteiger partial charge in [0.05, 0.1) is 0 Å². The van der Waals surface area contributed by atoms with E-state index in [1.54, 1.807) is 14.1 Å². The average molecular weight is 297 g/mol. The summed E-state index contributed by atoms with van der Waals surface area (Å²) in [6, 6.07) is 0. The molecule has 0 rings (SSSR count). The largest absolute Gasteiger partial charge is 0.365 e. The molecule has 0 radical (unpaired) electrons. The van der Waals surface area contributed by atoms with E-state index < -0.39 is 0 Å². The quantitative estimate of drug-likeness (QED) is 0.264. The van der Waals surface area contributed by atoms with E-state index in [2.05, 4.69) is 6.92 Å². The van der Waals surface area contributed by atoms with Crippen LogP contribution in [0.25, 0.3) is 0 Å². The van der Waals surface area contributed by atoms with E-state index in [9.17, 15) is 4.79 Å². The molecule has 0 bridgehead atoms. The molecular formula is C18H35NO2. The molecule has 21 heavy (non-hydrogen) atoms. The summed E-state index contributed by atoms with van der Waals surface area (Å²) in [5.41, 5.74) is 0.708. The molecule has 3 nitrogen and oxygen atoms in total. The third-order valence-electron chi connectivity index (χ3n) is 3.60. The standard InChI is InChI=1S/C18H35NO2/c1-5-6-7-8-9-10-11-12-13-14-15-16-17(2)18(20)21-19(3)4/h16H,5-15H2,1-4H3. The van der Waals surface area contributed by atoms with Crippen molar-refractivity contribution in [2.75, 3.05) is 14.1 Å². The molecule has 0 heterocycles. The van der Waals surface area contributed by atoms with Crippen LogP contribution in [0.5, 0.6) is 0 Å². The van der Waals surface area contributed by atoms with E-state index >= 15 is 0 Å². The van der Waals surface area contributed by atoms with Crippen molar-refractivity contribution < 1.29 is 9.63 Å². The lowest BCUT2D eigenvalue weighted by Crippen LogP contribution is -2.19. The lowest BCUT2D eigenvalue weighted by Gasteiger charge is -2.09. The van der Waals surface area contributed by atoms with Gasteiger partial charge in [0.25, 0.3) is 0 Å². The molecule has 0 amide bonds. The van der Waals surface area contributed by atoms with Crippen molar-refractivity contribution >= 4 is 5.97 Å². The maximum atomic E-state index is 11.5. The Bertz CT molecular complexity index is 285. The Balaban J connectivity index is 3.40. The van der Waals surface area contributed by atoms with Gasteiger partial charge in [-0.3, -0.25) is 0 Å². The topological polar surface area (TPSA) is 29.5 Å². The molecule has 0 saturated heterocycles. The summed E-state index contributed by atoms with van der Waals surface area (Å²) in [5, 5.41) is 1.43. The van der Waals surface area contributed by atoms with Crippen molar-refractivity contribution in [3.63, 3.8) is 0 Å². The first-order valence-corrected chi connectivity index (χ1v) is 8.64. The van der Waals surface area contributed by atoms with Crippen LogP contribution in [0.2, 0.25) is 0 Å². The number of hydrogen-bond acceptors (Lipinski definition) is 3. The second kappa shape index (κ2) is 14.1. The smallest absolute Gasteiger partial charge is 0.352 e. The summed E-state index contributed by atoms with van der Waals surface area (Å²) in [7, 11) is 3.43. The lowest BCUT2D eigenvalue weighted by atomic mass is 10.1. The van der Waals surface area contributed by atoms with Crippen LogP contribution in [0.3, 0.4) is 0 Å².